The quantitative estimate of drug-likeness (QED) is 0.351. The van der Waals surface area contributed by atoms with E-state index >= 15 is 0 Å². The molecule has 3 aromatic carbocycles. The Kier molecular flexibility index (Phi) is 9.25. The van der Waals surface area contributed by atoms with Crippen LogP contribution in [-0.4, -0.2) is 26.6 Å². The summed E-state index contributed by atoms with van der Waals surface area (Å²) in [5, 5.41) is 0. The van der Waals surface area contributed by atoms with Gasteiger partial charge in [-0.2, -0.15) is 0 Å². The molecule has 0 saturated heterocycles. The predicted molar refractivity (Wildman–Crippen MR) is 178 cm³/mol. The smallest absolute Gasteiger partial charge is 0.231 e. The summed E-state index contributed by atoms with van der Waals surface area (Å²) in [5.41, 5.74) is 12.7. The third kappa shape index (κ3) is 6.07. The molecule has 5 nitrogen and oxygen atoms in total. The molecular weight excluding hydrogens is 685 g/mol. The van der Waals surface area contributed by atoms with E-state index in [2.05, 4.69) is 114 Å². The van der Waals surface area contributed by atoms with Crippen molar-refractivity contribution in [1.29, 1.82) is 0 Å². The van der Waals surface area contributed by atoms with Gasteiger partial charge in [0.2, 0.25) is 6.79 Å². The molecular formula is C40H44INO4. The fraction of sp³-hybridized carbons (Fsp3) is 0.350. The molecule has 0 aromatic heterocycles. The van der Waals surface area contributed by atoms with Crippen molar-refractivity contribution >= 4 is 5.70 Å². The highest BCUT2D eigenvalue weighted by atomic mass is 127. The number of aryl methyl sites for hydroxylation is 1. The summed E-state index contributed by atoms with van der Waals surface area (Å²) in [6.45, 7) is 13.1. The molecule has 0 fully saturated rings. The fourth-order valence-electron chi connectivity index (χ4n) is 7.14. The predicted octanol–water partition coefficient (Wildman–Crippen LogP) is 4.32. The van der Waals surface area contributed by atoms with E-state index in [4.69, 9.17) is 18.9 Å². The van der Waals surface area contributed by atoms with Crippen molar-refractivity contribution in [2.24, 2.45) is 0 Å². The van der Waals surface area contributed by atoms with Crippen molar-refractivity contribution in [2.45, 2.75) is 71.5 Å². The number of ether oxygens (including phenoxy) is 4. The van der Waals surface area contributed by atoms with Crippen LogP contribution in [0.1, 0.15) is 73.4 Å². The number of hydrogen-bond acceptors (Lipinski definition) is 4. The van der Waals surface area contributed by atoms with Crippen LogP contribution in [0.3, 0.4) is 0 Å². The van der Waals surface area contributed by atoms with E-state index in [0.29, 0.717) is 12.5 Å². The second-order valence-corrected chi connectivity index (χ2v) is 13.7. The number of hydrogen-bond donors (Lipinski definition) is 1. The molecule has 2 unspecified atom stereocenters. The number of nitrogens with one attached hydrogen (secondary N) is 1. The normalized spacial score (nSPS) is 19.8. The van der Waals surface area contributed by atoms with Crippen LogP contribution in [-0.2, 0) is 27.9 Å². The van der Waals surface area contributed by atoms with E-state index in [1.807, 2.05) is 0 Å². The minimum atomic E-state index is -0.288. The van der Waals surface area contributed by atoms with Crippen LogP contribution < -0.4 is 38.4 Å². The van der Waals surface area contributed by atoms with Gasteiger partial charge in [0.1, 0.15) is 23.8 Å². The lowest BCUT2D eigenvalue weighted by molar-refractivity contribution is -0.771. The molecule has 3 aliphatic heterocycles. The first-order valence-corrected chi connectivity index (χ1v) is 16.2. The Labute approximate surface area is 290 Å². The maximum Gasteiger partial charge on any atom is 0.231 e. The van der Waals surface area contributed by atoms with Crippen LogP contribution in [0.4, 0.5) is 0 Å². The summed E-state index contributed by atoms with van der Waals surface area (Å²) in [7, 11) is 1.75. The maximum absolute atomic E-state index is 6.75. The molecule has 1 N–H and O–H groups in total. The first-order chi connectivity index (χ1) is 21.7. The van der Waals surface area contributed by atoms with Gasteiger partial charge in [0.05, 0.1) is 20.3 Å². The second-order valence-electron chi connectivity index (χ2n) is 13.7. The third-order valence-corrected chi connectivity index (χ3v) is 9.83. The Bertz CT molecular complexity index is 1740. The molecule has 0 radical (unpaired) electrons. The van der Waals surface area contributed by atoms with E-state index < -0.39 is 0 Å². The molecule has 3 aromatic rings. The largest absolute Gasteiger partial charge is 1.00 e. The topological polar surface area (TPSA) is 41.4 Å². The summed E-state index contributed by atoms with van der Waals surface area (Å²) in [6, 6.07) is 22.2. The van der Waals surface area contributed by atoms with Crippen LogP contribution in [0.25, 0.3) is 5.70 Å². The number of rotatable bonds is 8. The van der Waals surface area contributed by atoms with Crippen molar-refractivity contribution in [3.8, 4) is 11.5 Å². The maximum atomic E-state index is 6.75. The van der Waals surface area contributed by atoms with Gasteiger partial charge in [-0.15, -0.1) is 0 Å². The number of halogens is 1. The Balaban J connectivity index is 0.00000372. The van der Waals surface area contributed by atoms with Crippen molar-refractivity contribution in [1.82, 2.24) is 0 Å². The molecule has 240 valence electrons. The molecule has 0 saturated carbocycles. The van der Waals surface area contributed by atoms with E-state index in [9.17, 15) is 0 Å². The van der Waals surface area contributed by atoms with Crippen LogP contribution in [0, 0.1) is 6.92 Å². The Hall–Kier alpha value is -3.33. The summed E-state index contributed by atoms with van der Waals surface area (Å²) in [4.78, 5) is 1.36. The summed E-state index contributed by atoms with van der Waals surface area (Å²) < 4.78 is 24.4. The van der Waals surface area contributed by atoms with Crippen LogP contribution in [0.5, 0.6) is 11.5 Å². The van der Waals surface area contributed by atoms with Gasteiger partial charge >= 0.3 is 0 Å². The first kappa shape index (κ1) is 32.6. The van der Waals surface area contributed by atoms with Gasteiger partial charge in [-0.3, -0.25) is 4.90 Å². The Morgan fingerprint density at radius 1 is 0.957 bits per heavy atom. The average Bonchev–Trinajstić information content (AvgIpc) is 3.50. The van der Waals surface area contributed by atoms with Gasteiger partial charge in [-0.25, -0.2) is 0 Å². The molecule has 6 heteroatoms. The number of quaternary nitrogens is 1. The molecule has 3 heterocycles. The van der Waals surface area contributed by atoms with E-state index in [0.717, 1.165) is 42.2 Å². The van der Waals surface area contributed by atoms with Crippen molar-refractivity contribution < 1.29 is 47.8 Å². The zero-order chi connectivity index (χ0) is 31.3. The minimum absolute atomic E-state index is 0. The van der Waals surface area contributed by atoms with E-state index in [-0.39, 0.29) is 42.3 Å². The lowest BCUT2D eigenvalue weighted by atomic mass is 9.72. The van der Waals surface area contributed by atoms with Crippen molar-refractivity contribution in [3.63, 3.8) is 0 Å². The molecule has 46 heavy (non-hydrogen) atoms. The van der Waals surface area contributed by atoms with Gasteiger partial charge in [-0.1, -0.05) is 87.9 Å². The Morgan fingerprint density at radius 3 is 2.37 bits per heavy atom. The molecule has 7 rings (SSSR count). The monoisotopic (exact) mass is 729 g/mol. The molecule has 2 atom stereocenters. The number of fused-ring (bicyclic) bond motifs is 5. The fourth-order valence-corrected chi connectivity index (χ4v) is 7.14. The van der Waals surface area contributed by atoms with Crippen LogP contribution in [0.15, 0.2) is 101 Å². The number of benzene rings is 3. The molecule has 1 aliphatic carbocycles. The highest BCUT2D eigenvalue weighted by Gasteiger charge is 2.42. The van der Waals surface area contributed by atoms with Gasteiger partial charge in [0.25, 0.3) is 0 Å². The van der Waals surface area contributed by atoms with Crippen LogP contribution in [0.2, 0.25) is 0 Å². The van der Waals surface area contributed by atoms with Gasteiger partial charge < -0.3 is 42.9 Å². The van der Waals surface area contributed by atoms with Gasteiger partial charge in [-0.05, 0) is 70.7 Å². The SMILES string of the molecule is COC1=CC=C2C(=C[NH+]3CCc4cc5c(cc4C3=C2CC(C)(C)c2ccc(C)cc2)OCO5)C1OCc1ccc(C(C)C)cc1.[I-]. The summed E-state index contributed by atoms with van der Waals surface area (Å²) >= 11 is 0. The number of allylic oxidation sites excluding steroid dienone is 3. The van der Waals surface area contributed by atoms with Crippen LogP contribution >= 0.6 is 0 Å². The lowest BCUT2D eigenvalue weighted by Gasteiger charge is -2.38. The number of methoxy groups -OCH3 is 1. The van der Waals surface area contributed by atoms with Gasteiger partial charge in [0.15, 0.2) is 11.5 Å². The standard InChI is InChI=1S/C40H43NO4.HI/c1-25(2)28-11-9-27(10-12-28)23-43-39-34-22-41-18-17-29-19-36-37(45-24-44-36)20-32(29)38(41)33(31(34)15-16-35(39)42-6)21-40(4,5)30-13-7-26(3)8-14-30;/h7-16,19-20,22,25,39H,17-18,21,23-24H2,1-6H3;1H. The molecule has 0 amide bonds. The average molecular weight is 730 g/mol. The molecule has 0 bridgehead atoms. The highest BCUT2D eigenvalue weighted by Crippen LogP contribution is 2.45. The summed E-state index contributed by atoms with van der Waals surface area (Å²) in [5.74, 6) is 3.02. The zero-order valence-electron chi connectivity index (χ0n) is 27.7. The highest BCUT2D eigenvalue weighted by molar-refractivity contribution is 5.77. The Morgan fingerprint density at radius 2 is 1.67 bits per heavy atom. The lowest BCUT2D eigenvalue weighted by Crippen LogP contribution is -3.06. The second kappa shape index (κ2) is 13.1. The van der Waals surface area contributed by atoms with E-state index in [1.165, 1.54) is 55.1 Å². The van der Waals surface area contributed by atoms with Gasteiger partial charge in [0, 0.05) is 23.1 Å². The van der Waals surface area contributed by atoms with E-state index in [1.54, 1.807) is 7.11 Å². The van der Waals surface area contributed by atoms with Crippen molar-refractivity contribution in [3.05, 3.63) is 135 Å². The summed E-state index contributed by atoms with van der Waals surface area (Å²) in [6.07, 6.45) is 8.29. The minimum Gasteiger partial charge on any atom is -1.00 e. The zero-order valence-corrected chi connectivity index (χ0v) is 29.9. The molecule has 4 aliphatic rings. The molecule has 0 spiro atoms. The third-order valence-electron chi connectivity index (χ3n) is 9.83. The van der Waals surface area contributed by atoms with Crippen molar-refractivity contribution in [2.75, 3.05) is 20.4 Å². The first-order valence-electron chi connectivity index (χ1n) is 16.2.